The predicted molar refractivity (Wildman–Crippen MR) is 166 cm³/mol. The first-order valence-corrected chi connectivity index (χ1v) is 15.0. The number of aliphatic imine (C=N–C) groups is 1. The molecule has 2 N–H and O–H groups in total. The number of ether oxygens (including phenoxy) is 3. The van der Waals surface area contributed by atoms with Crippen molar-refractivity contribution in [3.63, 3.8) is 0 Å². The van der Waals surface area contributed by atoms with Crippen molar-refractivity contribution in [2.45, 2.75) is 37.4 Å². The molecule has 1 heterocycles. The summed E-state index contributed by atoms with van der Waals surface area (Å²) < 4.78 is 54.8. The van der Waals surface area contributed by atoms with Gasteiger partial charge in [-0.25, -0.2) is 4.99 Å². The molecule has 0 saturated carbocycles. The van der Waals surface area contributed by atoms with E-state index < -0.39 is 23.9 Å². The zero-order valence-corrected chi connectivity index (χ0v) is 25.6. The number of nitrogens with zero attached hydrogens (tertiary/aromatic N) is 1. The molecule has 0 spiro atoms. The Kier molecular flexibility index (Phi) is 10.1. The van der Waals surface area contributed by atoms with Crippen LogP contribution in [-0.4, -0.2) is 42.0 Å². The Labute approximate surface area is 266 Å². The lowest BCUT2D eigenvalue weighted by molar-refractivity contribution is -0.274. The zero-order valence-electron chi connectivity index (χ0n) is 24.0. The third-order valence-corrected chi connectivity index (χ3v) is 7.66. The fraction of sp³-hybridized carbons (Fsp3) is 0.235. The summed E-state index contributed by atoms with van der Waals surface area (Å²) in [4.78, 5) is 19.3. The number of carbonyl (C=O) groups is 1. The number of hydrogen-bond donors (Lipinski definition) is 2. The number of amides is 1. The number of halogens is 4. The number of hydrogen-bond acceptors (Lipinski definition) is 6. The molecule has 1 aliphatic rings. The van der Waals surface area contributed by atoms with Crippen LogP contribution in [0.5, 0.6) is 11.5 Å². The molecule has 11 heteroatoms. The minimum absolute atomic E-state index is 0.0313. The van der Waals surface area contributed by atoms with Gasteiger partial charge in [-0.15, -0.1) is 13.2 Å². The standard InChI is InChI=1S/C34H30BrF3N2O5/c35-27-13-9-25(10-14-27)30-33(21-23-5-2-1-3-6-23,32(42)39-22-24-7-15-29(16-8-24)45-34(36,37)38)40-31(44-30)26-11-17-28(18-12-26)43-20-4-19-41/h1-3,5-18,30,41H,4,19-22H2,(H,39,42)/t30-,33-/m1/s1. The van der Waals surface area contributed by atoms with Gasteiger partial charge in [-0.3, -0.25) is 4.79 Å². The number of benzene rings is 4. The molecule has 2 atom stereocenters. The van der Waals surface area contributed by atoms with E-state index in [0.29, 0.717) is 29.9 Å². The van der Waals surface area contributed by atoms with Crippen LogP contribution in [0.4, 0.5) is 13.2 Å². The summed E-state index contributed by atoms with van der Waals surface area (Å²) in [6.07, 6.45) is -4.88. The maximum Gasteiger partial charge on any atom is 0.573 e. The number of alkyl halides is 3. The van der Waals surface area contributed by atoms with E-state index in [4.69, 9.17) is 19.6 Å². The second-order valence-corrected chi connectivity index (χ2v) is 11.3. The fourth-order valence-corrected chi connectivity index (χ4v) is 5.24. The molecule has 0 bridgehead atoms. The van der Waals surface area contributed by atoms with Gasteiger partial charge in [-0.2, -0.15) is 0 Å². The van der Waals surface area contributed by atoms with Crippen LogP contribution in [0.15, 0.2) is 113 Å². The van der Waals surface area contributed by atoms with E-state index in [0.717, 1.165) is 15.6 Å². The second kappa shape index (κ2) is 14.2. The average molecular weight is 684 g/mol. The Hall–Kier alpha value is -4.35. The highest BCUT2D eigenvalue weighted by Crippen LogP contribution is 2.43. The molecule has 45 heavy (non-hydrogen) atoms. The molecular formula is C34H30BrF3N2O5. The van der Waals surface area contributed by atoms with Crippen molar-refractivity contribution in [1.29, 1.82) is 0 Å². The van der Waals surface area contributed by atoms with E-state index in [-0.39, 0.29) is 31.2 Å². The van der Waals surface area contributed by atoms with Crippen molar-refractivity contribution >= 4 is 27.7 Å². The molecule has 4 aromatic rings. The highest BCUT2D eigenvalue weighted by molar-refractivity contribution is 9.10. The molecule has 0 aromatic heterocycles. The van der Waals surface area contributed by atoms with E-state index in [1.54, 1.807) is 24.3 Å². The quantitative estimate of drug-likeness (QED) is 0.158. The number of aliphatic hydroxyl groups is 1. The normalized spacial score (nSPS) is 17.7. The minimum atomic E-state index is -4.80. The third-order valence-electron chi connectivity index (χ3n) is 7.13. The first-order valence-electron chi connectivity index (χ1n) is 14.2. The van der Waals surface area contributed by atoms with Gasteiger partial charge in [-0.1, -0.05) is 70.5 Å². The minimum Gasteiger partial charge on any atom is -0.494 e. The molecule has 5 rings (SSSR count). The molecule has 7 nitrogen and oxygen atoms in total. The van der Waals surface area contributed by atoms with Crippen LogP contribution in [0.1, 0.15) is 34.8 Å². The van der Waals surface area contributed by atoms with Crippen molar-refractivity contribution in [3.8, 4) is 11.5 Å². The van der Waals surface area contributed by atoms with Crippen molar-refractivity contribution < 1.29 is 37.3 Å². The number of rotatable bonds is 12. The summed E-state index contributed by atoms with van der Waals surface area (Å²) in [5.41, 5.74) is 1.40. The Bertz CT molecular complexity index is 1600. The van der Waals surface area contributed by atoms with Crippen LogP contribution in [0.2, 0.25) is 0 Å². The summed E-state index contributed by atoms with van der Waals surface area (Å²) in [5.74, 6) is 0.144. The van der Waals surface area contributed by atoms with Crippen LogP contribution in [-0.2, 0) is 22.5 Å². The maximum atomic E-state index is 14.3. The van der Waals surface area contributed by atoms with Gasteiger partial charge < -0.3 is 24.6 Å². The number of nitrogens with one attached hydrogen (secondary N) is 1. The van der Waals surface area contributed by atoms with Crippen LogP contribution in [0.3, 0.4) is 0 Å². The lowest BCUT2D eigenvalue weighted by atomic mass is 9.82. The Morgan fingerprint density at radius 3 is 2.22 bits per heavy atom. The highest BCUT2D eigenvalue weighted by atomic mass is 79.9. The van der Waals surface area contributed by atoms with Gasteiger partial charge in [0.2, 0.25) is 5.90 Å². The number of carbonyl (C=O) groups excluding carboxylic acids is 1. The molecule has 1 aliphatic heterocycles. The monoisotopic (exact) mass is 682 g/mol. The lowest BCUT2D eigenvalue weighted by Crippen LogP contribution is -2.49. The van der Waals surface area contributed by atoms with E-state index in [1.165, 1.54) is 24.3 Å². The Balaban J connectivity index is 1.48. The first-order chi connectivity index (χ1) is 21.6. The van der Waals surface area contributed by atoms with Crippen LogP contribution in [0.25, 0.3) is 0 Å². The summed E-state index contributed by atoms with van der Waals surface area (Å²) in [7, 11) is 0. The molecule has 0 unspecified atom stereocenters. The van der Waals surface area contributed by atoms with Gasteiger partial charge in [0, 0.05) is 36.0 Å². The smallest absolute Gasteiger partial charge is 0.494 e. The van der Waals surface area contributed by atoms with Gasteiger partial charge in [0.25, 0.3) is 5.91 Å². The maximum absolute atomic E-state index is 14.3. The largest absolute Gasteiger partial charge is 0.573 e. The van der Waals surface area contributed by atoms with Crippen LogP contribution in [0, 0.1) is 0 Å². The van der Waals surface area contributed by atoms with Gasteiger partial charge in [0.15, 0.2) is 11.6 Å². The Morgan fingerprint density at radius 1 is 0.911 bits per heavy atom. The van der Waals surface area contributed by atoms with Crippen molar-refractivity contribution in [1.82, 2.24) is 5.32 Å². The van der Waals surface area contributed by atoms with Gasteiger partial charge >= 0.3 is 6.36 Å². The summed E-state index contributed by atoms with van der Waals surface area (Å²) in [6.45, 7) is 0.445. The summed E-state index contributed by atoms with van der Waals surface area (Å²) >= 11 is 3.47. The average Bonchev–Trinajstić information content (AvgIpc) is 3.41. The summed E-state index contributed by atoms with van der Waals surface area (Å²) in [5, 5.41) is 12.0. The van der Waals surface area contributed by atoms with Crippen molar-refractivity contribution in [2.24, 2.45) is 4.99 Å². The van der Waals surface area contributed by atoms with Crippen molar-refractivity contribution in [3.05, 3.63) is 130 Å². The zero-order chi connectivity index (χ0) is 31.9. The lowest BCUT2D eigenvalue weighted by Gasteiger charge is -2.31. The molecule has 0 fully saturated rings. The van der Waals surface area contributed by atoms with E-state index in [2.05, 4.69) is 26.0 Å². The molecule has 1 amide bonds. The molecule has 0 saturated heterocycles. The van der Waals surface area contributed by atoms with Crippen LogP contribution < -0.4 is 14.8 Å². The molecule has 0 radical (unpaired) electrons. The predicted octanol–water partition coefficient (Wildman–Crippen LogP) is 6.92. The van der Waals surface area contributed by atoms with E-state index in [1.807, 2.05) is 54.6 Å². The first kappa shape index (κ1) is 32.1. The molecule has 4 aromatic carbocycles. The van der Waals surface area contributed by atoms with E-state index in [9.17, 15) is 18.0 Å². The highest BCUT2D eigenvalue weighted by Gasteiger charge is 2.53. The van der Waals surface area contributed by atoms with Gasteiger partial charge in [0.05, 0.1) is 6.61 Å². The molecule has 234 valence electrons. The van der Waals surface area contributed by atoms with Gasteiger partial charge in [0.1, 0.15) is 11.5 Å². The van der Waals surface area contributed by atoms with Crippen molar-refractivity contribution in [2.75, 3.05) is 13.2 Å². The second-order valence-electron chi connectivity index (χ2n) is 10.4. The Morgan fingerprint density at radius 2 is 1.58 bits per heavy atom. The SMILES string of the molecule is O=C(NCc1ccc(OC(F)(F)F)cc1)[C@]1(Cc2ccccc2)N=C(c2ccc(OCCCO)cc2)O[C@@H]1c1ccc(Br)cc1. The van der Waals surface area contributed by atoms with Crippen LogP contribution >= 0.6 is 15.9 Å². The molecular weight excluding hydrogens is 653 g/mol. The fourth-order valence-electron chi connectivity index (χ4n) is 4.97. The number of aliphatic hydroxyl groups excluding tert-OH is 1. The topological polar surface area (TPSA) is 89.4 Å². The third kappa shape index (κ3) is 8.23. The summed E-state index contributed by atoms with van der Waals surface area (Å²) in [6, 6.07) is 29.4. The van der Waals surface area contributed by atoms with E-state index >= 15 is 0 Å². The van der Waals surface area contributed by atoms with Gasteiger partial charge in [-0.05, 0) is 65.2 Å². The molecule has 0 aliphatic carbocycles.